The Hall–Kier alpha value is -1.43. The predicted octanol–water partition coefficient (Wildman–Crippen LogP) is 2.57. The third kappa shape index (κ3) is 7.93. The molecule has 0 aromatic heterocycles. The van der Waals surface area contributed by atoms with Crippen molar-refractivity contribution in [2.75, 3.05) is 6.54 Å². The Labute approximate surface area is 100 Å². The van der Waals surface area contributed by atoms with Crippen molar-refractivity contribution in [3.63, 3.8) is 0 Å². The van der Waals surface area contributed by atoms with Crippen LogP contribution in [0.25, 0.3) is 0 Å². The maximum atomic E-state index is 8.76. The molecule has 1 heterocycles. The zero-order valence-electron chi connectivity index (χ0n) is 10.2. The van der Waals surface area contributed by atoms with Gasteiger partial charge in [-0.05, 0) is 25.8 Å². The summed E-state index contributed by atoms with van der Waals surface area (Å²) in [6, 6.07) is 2.98. The van der Waals surface area contributed by atoms with Gasteiger partial charge in [-0.15, -0.1) is 25.7 Å². The van der Waals surface area contributed by atoms with Gasteiger partial charge in [0.15, 0.2) is 0 Å². The topological polar surface area (TPSA) is 35.8 Å². The first-order chi connectivity index (χ1) is 7.86. The SMILES string of the molecule is C#C.C#C.CCCCC1CC(C#N)CCN1. The van der Waals surface area contributed by atoms with Crippen molar-refractivity contribution >= 4 is 0 Å². The summed E-state index contributed by atoms with van der Waals surface area (Å²) in [5.41, 5.74) is 0. The van der Waals surface area contributed by atoms with E-state index in [2.05, 4.69) is 44.0 Å². The van der Waals surface area contributed by atoms with Gasteiger partial charge in [-0.1, -0.05) is 19.8 Å². The second-order valence-electron chi connectivity index (χ2n) is 3.64. The van der Waals surface area contributed by atoms with Gasteiger partial charge < -0.3 is 5.32 Å². The summed E-state index contributed by atoms with van der Waals surface area (Å²) in [4.78, 5) is 0. The molecule has 1 rings (SSSR count). The van der Waals surface area contributed by atoms with Gasteiger partial charge in [-0.2, -0.15) is 5.26 Å². The molecule has 0 aliphatic carbocycles. The molecule has 88 valence electrons. The fourth-order valence-electron chi connectivity index (χ4n) is 1.79. The molecule has 0 amide bonds. The Morgan fingerprint density at radius 1 is 1.31 bits per heavy atom. The van der Waals surface area contributed by atoms with E-state index >= 15 is 0 Å². The van der Waals surface area contributed by atoms with Gasteiger partial charge in [-0.25, -0.2) is 0 Å². The van der Waals surface area contributed by atoms with E-state index in [4.69, 9.17) is 5.26 Å². The summed E-state index contributed by atoms with van der Waals surface area (Å²) in [7, 11) is 0. The standard InChI is InChI=1S/C10H18N2.2C2H2/c1-2-3-4-10-7-9(8-11)5-6-12-10;2*1-2/h9-10,12H,2-7H2,1H3;2*1-2H. The normalized spacial score (nSPS) is 22.5. The molecule has 16 heavy (non-hydrogen) atoms. The monoisotopic (exact) mass is 218 g/mol. The lowest BCUT2D eigenvalue weighted by molar-refractivity contribution is 0.329. The third-order valence-electron chi connectivity index (χ3n) is 2.58. The van der Waals surface area contributed by atoms with Gasteiger partial charge in [0.25, 0.3) is 0 Å². The highest BCUT2D eigenvalue weighted by Crippen LogP contribution is 2.18. The number of hydrogen-bond donors (Lipinski definition) is 1. The van der Waals surface area contributed by atoms with Crippen molar-refractivity contribution < 1.29 is 0 Å². The summed E-state index contributed by atoms with van der Waals surface area (Å²) in [5, 5.41) is 12.2. The maximum absolute atomic E-state index is 8.76. The Kier molecular flexibility index (Phi) is 14.4. The molecule has 0 radical (unpaired) electrons. The smallest absolute Gasteiger partial charge is 0.0656 e. The second kappa shape index (κ2) is 13.6. The molecule has 0 aromatic carbocycles. The first-order valence-electron chi connectivity index (χ1n) is 5.66. The van der Waals surface area contributed by atoms with Gasteiger partial charge in [0.2, 0.25) is 0 Å². The molecule has 2 nitrogen and oxygen atoms in total. The third-order valence-corrected chi connectivity index (χ3v) is 2.58. The lowest BCUT2D eigenvalue weighted by atomic mass is 9.91. The lowest BCUT2D eigenvalue weighted by Crippen LogP contribution is -2.37. The second-order valence-corrected chi connectivity index (χ2v) is 3.64. The Morgan fingerprint density at radius 3 is 2.44 bits per heavy atom. The van der Waals surface area contributed by atoms with E-state index in [1.54, 1.807) is 0 Å². The Morgan fingerprint density at radius 2 is 1.94 bits per heavy atom. The van der Waals surface area contributed by atoms with Crippen LogP contribution in [0, 0.1) is 42.9 Å². The number of piperidine rings is 1. The number of terminal acetylenes is 2. The highest BCUT2D eigenvalue weighted by molar-refractivity contribution is 4.90. The first-order valence-corrected chi connectivity index (χ1v) is 5.66. The van der Waals surface area contributed by atoms with Crippen molar-refractivity contribution in [1.29, 1.82) is 5.26 Å². The van der Waals surface area contributed by atoms with Crippen LogP contribution in [0.15, 0.2) is 0 Å². The zero-order chi connectivity index (χ0) is 12.8. The highest BCUT2D eigenvalue weighted by Gasteiger charge is 2.19. The van der Waals surface area contributed by atoms with Crippen molar-refractivity contribution in [2.24, 2.45) is 5.92 Å². The van der Waals surface area contributed by atoms with Crippen LogP contribution >= 0.6 is 0 Å². The van der Waals surface area contributed by atoms with Crippen molar-refractivity contribution in [3.8, 4) is 31.8 Å². The first kappa shape index (κ1) is 17.0. The molecule has 1 aliphatic rings. The molecule has 1 saturated heterocycles. The minimum Gasteiger partial charge on any atom is -0.314 e. The Balaban J connectivity index is 0. The van der Waals surface area contributed by atoms with Gasteiger partial charge >= 0.3 is 0 Å². The van der Waals surface area contributed by atoms with Gasteiger partial charge in [0, 0.05) is 12.0 Å². The fourth-order valence-corrected chi connectivity index (χ4v) is 1.79. The molecular weight excluding hydrogens is 196 g/mol. The highest BCUT2D eigenvalue weighted by atomic mass is 14.9. The van der Waals surface area contributed by atoms with E-state index in [1.165, 1.54) is 19.3 Å². The molecule has 2 heteroatoms. The van der Waals surface area contributed by atoms with E-state index in [0.717, 1.165) is 19.4 Å². The summed E-state index contributed by atoms with van der Waals surface area (Å²) in [6.45, 7) is 3.25. The van der Waals surface area contributed by atoms with Crippen LogP contribution in [0.5, 0.6) is 0 Å². The number of nitrogens with zero attached hydrogens (tertiary/aromatic N) is 1. The molecule has 0 bridgehead atoms. The van der Waals surface area contributed by atoms with Gasteiger partial charge in [-0.3, -0.25) is 0 Å². The van der Waals surface area contributed by atoms with E-state index < -0.39 is 0 Å². The van der Waals surface area contributed by atoms with Gasteiger partial charge in [0.05, 0.1) is 6.07 Å². The summed E-state index contributed by atoms with van der Waals surface area (Å²) in [5.74, 6) is 0.313. The number of rotatable bonds is 3. The van der Waals surface area contributed by atoms with Gasteiger partial charge in [0.1, 0.15) is 0 Å². The molecule has 2 atom stereocenters. The largest absolute Gasteiger partial charge is 0.314 e. The van der Waals surface area contributed by atoms with E-state index in [-0.39, 0.29) is 0 Å². The van der Waals surface area contributed by atoms with Crippen molar-refractivity contribution in [2.45, 2.75) is 45.1 Å². The van der Waals surface area contributed by atoms with Crippen LogP contribution in [0.1, 0.15) is 39.0 Å². The molecule has 0 saturated carbocycles. The summed E-state index contributed by atoms with van der Waals surface area (Å²) >= 11 is 0. The van der Waals surface area contributed by atoms with Crippen molar-refractivity contribution in [1.82, 2.24) is 5.32 Å². The minimum absolute atomic E-state index is 0.313. The number of unbranched alkanes of at least 4 members (excludes halogenated alkanes) is 1. The Bertz CT molecular complexity index is 216. The lowest BCUT2D eigenvalue weighted by Gasteiger charge is -2.26. The minimum atomic E-state index is 0.313. The average Bonchev–Trinajstić information content (AvgIpc) is 2.41. The maximum Gasteiger partial charge on any atom is 0.0656 e. The quantitative estimate of drug-likeness (QED) is 0.739. The van der Waals surface area contributed by atoms with E-state index in [1.807, 2.05) is 0 Å². The van der Waals surface area contributed by atoms with Crippen LogP contribution < -0.4 is 5.32 Å². The molecule has 2 unspecified atom stereocenters. The molecule has 1 N–H and O–H groups in total. The number of nitrogens with one attached hydrogen (secondary N) is 1. The summed E-state index contributed by atoms with van der Waals surface area (Å²) in [6.07, 6.45) is 21.9. The molecule has 1 aliphatic heterocycles. The number of nitriles is 1. The molecule has 0 aromatic rings. The molecular formula is C14H22N2. The fraction of sp³-hybridized carbons (Fsp3) is 0.643. The van der Waals surface area contributed by atoms with Crippen LogP contribution in [-0.4, -0.2) is 12.6 Å². The zero-order valence-corrected chi connectivity index (χ0v) is 10.2. The number of hydrogen-bond acceptors (Lipinski definition) is 2. The predicted molar refractivity (Wildman–Crippen MR) is 69.4 cm³/mol. The molecule has 0 spiro atoms. The van der Waals surface area contributed by atoms with Crippen LogP contribution in [0.3, 0.4) is 0 Å². The average molecular weight is 218 g/mol. The van der Waals surface area contributed by atoms with Crippen molar-refractivity contribution in [3.05, 3.63) is 0 Å². The van der Waals surface area contributed by atoms with Crippen LogP contribution in [0.2, 0.25) is 0 Å². The van der Waals surface area contributed by atoms with E-state index in [9.17, 15) is 0 Å². The molecule has 1 fully saturated rings. The summed E-state index contributed by atoms with van der Waals surface area (Å²) < 4.78 is 0. The van der Waals surface area contributed by atoms with E-state index in [0.29, 0.717) is 12.0 Å². The van der Waals surface area contributed by atoms with Crippen LogP contribution in [-0.2, 0) is 0 Å². The van der Waals surface area contributed by atoms with Crippen LogP contribution in [0.4, 0.5) is 0 Å².